The lowest BCUT2D eigenvalue weighted by atomic mass is 10.1. The Bertz CT molecular complexity index is 950. The monoisotopic (exact) mass is 367 g/mol. The predicted molar refractivity (Wildman–Crippen MR) is 97.4 cm³/mol. The molecular formula is C21H18FNO4. The summed E-state index contributed by atoms with van der Waals surface area (Å²) >= 11 is 0. The van der Waals surface area contributed by atoms with Crippen LogP contribution in [0.4, 0.5) is 4.39 Å². The lowest BCUT2D eigenvalue weighted by molar-refractivity contribution is -0.138. The molecule has 27 heavy (non-hydrogen) atoms. The maximum absolute atomic E-state index is 13.9. The quantitative estimate of drug-likeness (QED) is 0.638. The van der Waals surface area contributed by atoms with Gasteiger partial charge < -0.3 is 14.1 Å². The number of esters is 1. The maximum atomic E-state index is 13.9. The molecule has 1 aromatic heterocycles. The van der Waals surface area contributed by atoms with Crippen molar-refractivity contribution in [2.75, 3.05) is 14.1 Å². The molecular weight excluding hydrogens is 349 g/mol. The Balaban J connectivity index is 1.84. The Labute approximate surface area is 156 Å². The van der Waals surface area contributed by atoms with Crippen molar-refractivity contribution in [2.45, 2.75) is 6.10 Å². The average Bonchev–Trinajstić information content (AvgIpc) is 3.16. The zero-order valence-electron chi connectivity index (χ0n) is 14.9. The van der Waals surface area contributed by atoms with Crippen molar-refractivity contribution in [3.8, 4) is 11.3 Å². The molecule has 138 valence electrons. The van der Waals surface area contributed by atoms with Crippen LogP contribution in [-0.4, -0.2) is 30.9 Å². The number of ether oxygens (including phenoxy) is 1. The van der Waals surface area contributed by atoms with Crippen molar-refractivity contribution < 1.29 is 23.1 Å². The standard InChI is InChI=1S/C21H18FNO4/c1-23(2)20(24)19(14-8-4-3-5-9-14)27-21(25)18-13-12-17(26-18)15-10-6-7-11-16(15)22/h3-13,19H,1-2H3. The van der Waals surface area contributed by atoms with E-state index < -0.39 is 17.9 Å². The van der Waals surface area contributed by atoms with Crippen molar-refractivity contribution in [1.29, 1.82) is 0 Å². The predicted octanol–water partition coefficient (Wildman–Crippen LogP) is 4.07. The first kappa shape index (κ1) is 18.4. The van der Waals surface area contributed by atoms with E-state index in [2.05, 4.69) is 0 Å². The van der Waals surface area contributed by atoms with Gasteiger partial charge >= 0.3 is 5.97 Å². The van der Waals surface area contributed by atoms with E-state index in [1.54, 1.807) is 62.6 Å². The Morgan fingerprint density at radius 3 is 2.30 bits per heavy atom. The van der Waals surface area contributed by atoms with E-state index in [4.69, 9.17) is 9.15 Å². The number of carbonyl (C=O) groups excluding carboxylic acids is 2. The van der Waals surface area contributed by atoms with Crippen LogP contribution in [-0.2, 0) is 9.53 Å². The zero-order valence-corrected chi connectivity index (χ0v) is 14.9. The summed E-state index contributed by atoms with van der Waals surface area (Å²) in [6.07, 6.45) is -1.10. The van der Waals surface area contributed by atoms with Crippen molar-refractivity contribution >= 4 is 11.9 Å². The Morgan fingerprint density at radius 2 is 1.63 bits per heavy atom. The van der Waals surface area contributed by atoms with E-state index in [1.165, 1.54) is 23.1 Å². The lowest BCUT2D eigenvalue weighted by Crippen LogP contribution is -2.31. The summed E-state index contributed by atoms with van der Waals surface area (Å²) in [6, 6.07) is 17.7. The van der Waals surface area contributed by atoms with Gasteiger partial charge in [0, 0.05) is 19.7 Å². The molecule has 0 saturated heterocycles. The molecule has 0 saturated carbocycles. The first-order valence-corrected chi connectivity index (χ1v) is 8.29. The molecule has 0 spiro atoms. The minimum Gasteiger partial charge on any atom is -0.449 e. The van der Waals surface area contributed by atoms with E-state index in [1.807, 2.05) is 0 Å². The number of rotatable bonds is 5. The number of halogens is 1. The van der Waals surface area contributed by atoms with Crippen LogP contribution < -0.4 is 0 Å². The highest BCUT2D eigenvalue weighted by molar-refractivity contribution is 5.91. The fraction of sp³-hybridized carbons (Fsp3) is 0.143. The number of carbonyl (C=O) groups is 2. The van der Waals surface area contributed by atoms with Crippen LogP contribution in [0.25, 0.3) is 11.3 Å². The second-order valence-electron chi connectivity index (χ2n) is 6.07. The topological polar surface area (TPSA) is 59.8 Å². The highest BCUT2D eigenvalue weighted by Gasteiger charge is 2.28. The molecule has 6 heteroatoms. The van der Waals surface area contributed by atoms with Crippen molar-refractivity contribution in [3.05, 3.63) is 83.9 Å². The van der Waals surface area contributed by atoms with Gasteiger partial charge in [-0.3, -0.25) is 4.79 Å². The molecule has 1 heterocycles. The summed E-state index contributed by atoms with van der Waals surface area (Å²) in [5.41, 5.74) is 0.783. The largest absolute Gasteiger partial charge is 0.449 e. The summed E-state index contributed by atoms with van der Waals surface area (Å²) in [7, 11) is 3.16. The molecule has 1 amide bonds. The molecule has 0 bridgehead atoms. The van der Waals surface area contributed by atoms with Gasteiger partial charge in [-0.25, -0.2) is 9.18 Å². The number of furan rings is 1. The molecule has 2 aromatic carbocycles. The molecule has 3 rings (SSSR count). The molecule has 0 aliphatic rings. The number of amides is 1. The van der Waals surface area contributed by atoms with Gasteiger partial charge in [-0.2, -0.15) is 0 Å². The molecule has 1 unspecified atom stereocenters. The third kappa shape index (κ3) is 4.06. The molecule has 5 nitrogen and oxygen atoms in total. The second kappa shape index (κ2) is 7.86. The highest BCUT2D eigenvalue weighted by Crippen LogP contribution is 2.27. The van der Waals surface area contributed by atoms with Crippen LogP contribution >= 0.6 is 0 Å². The van der Waals surface area contributed by atoms with Crippen molar-refractivity contribution in [2.24, 2.45) is 0 Å². The molecule has 0 radical (unpaired) electrons. The van der Waals surface area contributed by atoms with Gasteiger partial charge in [-0.05, 0) is 24.3 Å². The van der Waals surface area contributed by atoms with Crippen molar-refractivity contribution in [3.63, 3.8) is 0 Å². The number of hydrogen-bond donors (Lipinski definition) is 0. The van der Waals surface area contributed by atoms with Crippen LogP contribution in [0.3, 0.4) is 0 Å². The van der Waals surface area contributed by atoms with Crippen LogP contribution in [0, 0.1) is 5.82 Å². The minimum atomic E-state index is -1.10. The number of nitrogens with zero attached hydrogens (tertiary/aromatic N) is 1. The lowest BCUT2D eigenvalue weighted by Gasteiger charge is -2.20. The number of benzene rings is 2. The smallest absolute Gasteiger partial charge is 0.375 e. The van der Waals surface area contributed by atoms with Gasteiger partial charge in [0.2, 0.25) is 11.9 Å². The molecule has 1 atom stereocenters. The van der Waals surface area contributed by atoms with Crippen LogP contribution in [0.15, 0.2) is 71.1 Å². The fourth-order valence-electron chi connectivity index (χ4n) is 2.54. The van der Waals surface area contributed by atoms with Crippen LogP contribution in [0.5, 0.6) is 0 Å². The summed E-state index contributed by atoms with van der Waals surface area (Å²) in [4.78, 5) is 26.3. The third-order valence-corrected chi connectivity index (χ3v) is 3.94. The van der Waals surface area contributed by atoms with Crippen LogP contribution in [0.1, 0.15) is 22.2 Å². The second-order valence-corrected chi connectivity index (χ2v) is 6.07. The average molecular weight is 367 g/mol. The molecule has 0 aliphatic carbocycles. The summed E-state index contributed by atoms with van der Waals surface area (Å²) in [5.74, 6) is -1.55. The first-order valence-electron chi connectivity index (χ1n) is 8.29. The van der Waals surface area contributed by atoms with Crippen LogP contribution in [0.2, 0.25) is 0 Å². The van der Waals surface area contributed by atoms with E-state index in [0.29, 0.717) is 5.56 Å². The minimum absolute atomic E-state index is 0.110. The van der Waals surface area contributed by atoms with E-state index in [-0.39, 0.29) is 23.0 Å². The molecule has 0 N–H and O–H groups in total. The third-order valence-electron chi connectivity index (χ3n) is 3.94. The molecule has 0 fully saturated rings. The first-order chi connectivity index (χ1) is 13.0. The number of hydrogen-bond acceptors (Lipinski definition) is 4. The normalized spacial score (nSPS) is 11.7. The van der Waals surface area contributed by atoms with E-state index >= 15 is 0 Å². The Kier molecular flexibility index (Phi) is 5.35. The molecule has 0 aliphatic heterocycles. The summed E-state index contributed by atoms with van der Waals surface area (Å²) < 4.78 is 24.7. The van der Waals surface area contributed by atoms with Gasteiger partial charge in [0.1, 0.15) is 11.6 Å². The van der Waals surface area contributed by atoms with E-state index in [9.17, 15) is 14.0 Å². The molecule has 3 aromatic rings. The van der Waals surface area contributed by atoms with Gasteiger partial charge in [-0.15, -0.1) is 0 Å². The maximum Gasteiger partial charge on any atom is 0.375 e. The van der Waals surface area contributed by atoms with Gasteiger partial charge in [0.25, 0.3) is 5.91 Å². The zero-order chi connectivity index (χ0) is 19.4. The van der Waals surface area contributed by atoms with Gasteiger partial charge in [0.05, 0.1) is 5.56 Å². The summed E-state index contributed by atoms with van der Waals surface area (Å²) in [5, 5.41) is 0. The summed E-state index contributed by atoms with van der Waals surface area (Å²) in [6.45, 7) is 0. The highest BCUT2D eigenvalue weighted by atomic mass is 19.1. The SMILES string of the molecule is CN(C)C(=O)C(OC(=O)c1ccc(-c2ccccc2F)o1)c1ccccc1. The Hall–Kier alpha value is -3.41. The number of likely N-dealkylation sites (N-methyl/N-ethyl adjacent to an activating group) is 1. The fourth-order valence-corrected chi connectivity index (χ4v) is 2.54. The van der Waals surface area contributed by atoms with E-state index in [0.717, 1.165) is 0 Å². The van der Waals surface area contributed by atoms with Crippen molar-refractivity contribution in [1.82, 2.24) is 4.90 Å². The Morgan fingerprint density at radius 1 is 0.963 bits per heavy atom. The van der Waals surface area contributed by atoms with Gasteiger partial charge in [0.15, 0.2) is 0 Å². The van der Waals surface area contributed by atoms with Gasteiger partial charge in [-0.1, -0.05) is 42.5 Å².